The van der Waals surface area contributed by atoms with E-state index in [4.69, 9.17) is 9.72 Å². The molecule has 0 atom stereocenters. The first-order chi connectivity index (χ1) is 36.3. The van der Waals surface area contributed by atoms with E-state index in [1.165, 1.54) is 49.0 Å². The fourth-order valence-corrected chi connectivity index (χ4v) is 11.5. The maximum atomic E-state index is 6.96. The van der Waals surface area contributed by atoms with Crippen molar-refractivity contribution in [1.29, 1.82) is 0 Å². The minimum atomic E-state index is -0.104. The molecule has 0 unspecified atom stereocenters. The standard InChI is InChI=1S/C67H50N6O/c1-67(2,3)46-36-37-68-59(40-46)73-58-42-50(74-49-27-18-26-48(41-49)70-38-39-71(43-70)63-51(44-20-8-5-9-21-44)30-19-31-52(63)45-22-10-6-11-23-45)34-35-55(58)60-61-54-29-15-17-33-57(54)72(47-24-12-7-13-25-47)66(61)65-62(64(60)73)53-28-14-16-32-56(53)69(65)4/h5-42H,1-4H3. The Morgan fingerprint density at radius 3 is 1.82 bits per heavy atom. The Bertz CT molecular complexity index is 4440. The van der Waals surface area contributed by atoms with Crippen molar-refractivity contribution < 1.29 is 9.30 Å². The lowest BCUT2D eigenvalue weighted by molar-refractivity contribution is -0.599. The van der Waals surface area contributed by atoms with Crippen molar-refractivity contribution in [3.63, 3.8) is 0 Å². The van der Waals surface area contributed by atoms with Gasteiger partial charge in [0, 0.05) is 75.2 Å². The molecular weight excluding hydrogens is 905 g/mol. The van der Waals surface area contributed by atoms with Gasteiger partial charge < -0.3 is 13.9 Å². The average molecular weight is 955 g/mol. The topological polar surface area (TPSA) is 45.7 Å². The molecule has 0 N–H and O–H groups in total. The molecule has 0 aliphatic carbocycles. The summed E-state index contributed by atoms with van der Waals surface area (Å²) in [6.45, 7) is 6.79. The molecular formula is C67H50N6O. The van der Waals surface area contributed by atoms with Gasteiger partial charge in [-0.2, -0.15) is 0 Å². The summed E-state index contributed by atoms with van der Waals surface area (Å²) in [6.07, 6.45) is 9.77. The van der Waals surface area contributed by atoms with Crippen LogP contribution in [0.15, 0.2) is 231 Å². The molecule has 0 aliphatic rings. The van der Waals surface area contributed by atoms with Crippen molar-refractivity contribution in [2.75, 3.05) is 0 Å². The minimum absolute atomic E-state index is 0.104. The van der Waals surface area contributed by atoms with E-state index >= 15 is 0 Å². The fraction of sp³-hybridized carbons (Fsp3) is 0.0746. The third-order valence-electron chi connectivity index (χ3n) is 14.8. The van der Waals surface area contributed by atoms with Gasteiger partial charge in [0.25, 0.3) is 6.33 Å². The molecule has 5 heterocycles. The van der Waals surface area contributed by atoms with Gasteiger partial charge in [0.1, 0.15) is 17.3 Å². The fourth-order valence-electron chi connectivity index (χ4n) is 11.5. The van der Waals surface area contributed by atoms with Gasteiger partial charge in [-0.15, -0.1) is 0 Å². The van der Waals surface area contributed by atoms with Crippen molar-refractivity contribution in [3.05, 3.63) is 243 Å². The Labute approximate surface area is 428 Å². The molecule has 14 rings (SSSR count). The zero-order chi connectivity index (χ0) is 49.7. The molecule has 0 spiro atoms. The van der Waals surface area contributed by atoms with E-state index in [2.05, 4.69) is 265 Å². The molecule has 7 nitrogen and oxygen atoms in total. The zero-order valence-corrected chi connectivity index (χ0v) is 41.5. The number of nitrogens with zero attached hydrogens (tertiary/aromatic N) is 6. The largest absolute Gasteiger partial charge is 0.458 e. The predicted octanol–water partition coefficient (Wildman–Crippen LogP) is 16.2. The van der Waals surface area contributed by atoms with Crippen LogP contribution in [0.4, 0.5) is 0 Å². The van der Waals surface area contributed by atoms with Crippen LogP contribution in [0.1, 0.15) is 26.3 Å². The van der Waals surface area contributed by atoms with Crippen LogP contribution in [0.2, 0.25) is 0 Å². The van der Waals surface area contributed by atoms with Gasteiger partial charge in [0.15, 0.2) is 0 Å². The Morgan fingerprint density at radius 2 is 1.11 bits per heavy atom. The van der Waals surface area contributed by atoms with E-state index in [0.29, 0.717) is 5.75 Å². The van der Waals surface area contributed by atoms with Crippen LogP contribution < -0.4 is 9.30 Å². The molecule has 0 fully saturated rings. The number of hydrogen-bond acceptors (Lipinski definition) is 2. The molecule has 5 aromatic heterocycles. The van der Waals surface area contributed by atoms with Crippen LogP contribution in [0.3, 0.4) is 0 Å². The maximum Gasteiger partial charge on any atom is 0.268 e. The average Bonchev–Trinajstić information content (AvgIpc) is 4.36. The van der Waals surface area contributed by atoms with E-state index in [1.807, 2.05) is 22.9 Å². The lowest BCUT2D eigenvalue weighted by Crippen LogP contribution is -2.28. The molecule has 7 heteroatoms. The van der Waals surface area contributed by atoms with Crippen molar-refractivity contribution in [2.24, 2.45) is 7.05 Å². The molecule has 0 radical (unpaired) electrons. The summed E-state index contributed by atoms with van der Waals surface area (Å²) in [5.74, 6) is 2.29. The van der Waals surface area contributed by atoms with E-state index in [0.717, 1.165) is 72.8 Å². The van der Waals surface area contributed by atoms with Crippen LogP contribution in [0.5, 0.6) is 11.5 Å². The summed E-state index contributed by atoms with van der Waals surface area (Å²) in [5.41, 5.74) is 15.5. The smallest absolute Gasteiger partial charge is 0.268 e. The summed E-state index contributed by atoms with van der Waals surface area (Å²) < 4.78 is 18.4. The van der Waals surface area contributed by atoms with Gasteiger partial charge in [0.05, 0.1) is 39.0 Å². The number of aryl methyl sites for hydroxylation is 1. The van der Waals surface area contributed by atoms with Crippen molar-refractivity contribution in [2.45, 2.75) is 26.2 Å². The predicted molar refractivity (Wildman–Crippen MR) is 303 cm³/mol. The van der Waals surface area contributed by atoms with Gasteiger partial charge in [-0.1, -0.05) is 160 Å². The monoisotopic (exact) mass is 954 g/mol. The molecule has 0 saturated heterocycles. The number of hydrogen-bond donors (Lipinski definition) is 0. The summed E-state index contributed by atoms with van der Waals surface area (Å²) in [5, 5.41) is 7.08. The number of pyridine rings is 1. The highest BCUT2D eigenvalue weighted by atomic mass is 16.5. The highest BCUT2D eigenvalue weighted by Crippen LogP contribution is 2.50. The SMILES string of the molecule is Cn1c2ccccc2c2c1c1c(c3ccccc3n1-c1ccccc1)c1c3ccc(Oc4cccc(-[n+]5[c-]n(-c6c(-c7ccccc7)cccc6-c6ccccc6)cc5)c4)cc3n(-c3cc(C(C)(C)C)ccn3)c12. The van der Waals surface area contributed by atoms with E-state index < -0.39 is 0 Å². The highest BCUT2D eigenvalue weighted by molar-refractivity contribution is 6.40. The maximum absolute atomic E-state index is 6.96. The second kappa shape index (κ2) is 16.8. The van der Waals surface area contributed by atoms with Crippen LogP contribution in [0.25, 0.3) is 111 Å². The normalized spacial score (nSPS) is 12.1. The molecule has 74 heavy (non-hydrogen) atoms. The zero-order valence-electron chi connectivity index (χ0n) is 41.5. The second-order valence-electron chi connectivity index (χ2n) is 20.3. The van der Waals surface area contributed by atoms with Gasteiger partial charge in [-0.25, -0.2) is 4.98 Å². The summed E-state index contributed by atoms with van der Waals surface area (Å²) in [6, 6.07) is 75.3. The molecule has 0 amide bonds. The Balaban J connectivity index is 0.973. The molecule has 0 aliphatic heterocycles. The summed E-state index contributed by atoms with van der Waals surface area (Å²) >= 11 is 0. The minimum Gasteiger partial charge on any atom is -0.458 e. The lowest BCUT2D eigenvalue weighted by atomic mass is 9.88. The number of para-hydroxylation sites is 4. The number of aromatic nitrogens is 6. The van der Waals surface area contributed by atoms with Gasteiger partial charge in [-0.05, 0) is 100.0 Å². The molecule has 0 saturated carbocycles. The van der Waals surface area contributed by atoms with E-state index in [9.17, 15) is 0 Å². The second-order valence-corrected chi connectivity index (χ2v) is 20.3. The molecule has 354 valence electrons. The third kappa shape index (κ3) is 6.81. The van der Waals surface area contributed by atoms with Gasteiger partial charge in [0.2, 0.25) is 0 Å². The van der Waals surface area contributed by atoms with E-state index in [1.54, 1.807) is 0 Å². The molecule has 9 aromatic carbocycles. The van der Waals surface area contributed by atoms with Crippen molar-refractivity contribution in [1.82, 2.24) is 23.3 Å². The van der Waals surface area contributed by atoms with Crippen LogP contribution >= 0.6 is 0 Å². The quantitative estimate of drug-likeness (QED) is 0.113. The Morgan fingerprint density at radius 1 is 0.500 bits per heavy atom. The lowest BCUT2D eigenvalue weighted by Gasteiger charge is -2.20. The highest BCUT2D eigenvalue weighted by Gasteiger charge is 2.29. The van der Waals surface area contributed by atoms with Crippen LogP contribution in [-0.4, -0.2) is 23.3 Å². The number of rotatable bonds is 8. The van der Waals surface area contributed by atoms with Gasteiger partial charge >= 0.3 is 0 Å². The first-order valence-corrected chi connectivity index (χ1v) is 25.3. The summed E-state index contributed by atoms with van der Waals surface area (Å²) in [7, 11) is 2.21. The van der Waals surface area contributed by atoms with E-state index in [-0.39, 0.29) is 5.41 Å². The Hall–Kier alpha value is -9.46. The third-order valence-corrected chi connectivity index (χ3v) is 14.8. The number of ether oxygens (including phenoxy) is 1. The number of imidazole rings is 1. The van der Waals surface area contributed by atoms with Crippen molar-refractivity contribution in [3.8, 4) is 56.6 Å². The molecule has 0 bridgehead atoms. The first kappa shape index (κ1) is 43.3. The number of fused-ring (bicyclic) bond motifs is 12. The van der Waals surface area contributed by atoms with Gasteiger partial charge in [-0.3, -0.25) is 13.7 Å². The summed E-state index contributed by atoms with van der Waals surface area (Å²) in [4.78, 5) is 5.21. The number of benzene rings is 9. The van der Waals surface area contributed by atoms with Crippen LogP contribution in [0, 0.1) is 6.33 Å². The van der Waals surface area contributed by atoms with Crippen molar-refractivity contribution >= 4 is 65.4 Å². The molecule has 14 aromatic rings. The first-order valence-electron chi connectivity index (χ1n) is 25.3. The van der Waals surface area contributed by atoms with Crippen LogP contribution in [-0.2, 0) is 12.5 Å². The Kier molecular flexibility index (Phi) is 9.85.